The van der Waals surface area contributed by atoms with Gasteiger partial charge in [0.05, 0.1) is 22.2 Å². The van der Waals surface area contributed by atoms with Crippen molar-refractivity contribution in [2.45, 2.75) is 38.4 Å². The molecule has 3 heterocycles. The second-order valence-electron chi connectivity index (χ2n) is 12.9. The molecular weight excluding hydrogens is 692 g/mol. The summed E-state index contributed by atoms with van der Waals surface area (Å²) < 4.78 is 26.5. The maximum Gasteiger partial charge on any atom is 0.338 e. The van der Waals surface area contributed by atoms with Crippen molar-refractivity contribution in [3.8, 4) is 0 Å². The Morgan fingerprint density at radius 1 is 0.642 bits per heavy atom. The van der Waals surface area contributed by atoms with Crippen LogP contribution in [0, 0.1) is 13.8 Å². The number of nitrogens with zero attached hydrogens (tertiary/aromatic N) is 1. The highest BCUT2D eigenvalue weighted by Crippen LogP contribution is 2.37. The minimum atomic E-state index is -1.14. The number of ether oxygens (including phenoxy) is 4. The van der Waals surface area contributed by atoms with Gasteiger partial charge in [-0.2, -0.15) is 4.57 Å². The number of esters is 3. The lowest BCUT2D eigenvalue weighted by Gasteiger charge is -2.23. The van der Waals surface area contributed by atoms with Gasteiger partial charge in [-0.25, -0.2) is 14.4 Å². The molecule has 7 aromatic rings. The van der Waals surface area contributed by atoms with Gasteiger partial charge in [-0.3, -0.25) is 0 Å². The summed E-state index contributed by atoms with van der Waals surface area (Å²) in [6.45, 7) is 3.92. The van der Waals surface area contributed by atoms with Gasteiger partial charge in [0, 0.05) is 27.7 Å². The monoisotopic (exact) mass is 726 g/mol. The van der Waals surface area contributed by atoms with E-state index in [2.05, 4.69) is 31.0 Å². The van der Waals surface area contributed by atoms with Crippen LogP contribution in [0.25, 0.3) is 32.6 Å². The van der Waals surface area contributed by atoms with Crippen LogP contribution in [0.3, 0.4) is 0 Å². The van der Waals surface area contributed by atoms with Crippen LogP contribution < -0.4 is 17.0 Å². The molecule has 0 radical (unpaired) electrons. The smallest absolute Gasteiger partial charge is 0.338 e. The van der Waals surface area contributed by atoms with Gasteiger partial charge in [0.2, 0.25) is 6.10 Å². The molecule has 0 bridgehead atoms. The number of halogens is 1. The van der Waals surface area contributed by atoms with E-state index >= 15 is 0 Å². The zero-order chi connectivity index (χ0) is 35.8. The molecule has 4 atom stereocenters. The van der Waals surface area contributed by atoms with Gasteiger partial charge in [0.15, 0.2) is 18.5 Å². The molecule has 0 aliphatic carbocycles. The van der Waals surface area contributed by atoms with E-state index in [0.29, 0.717) is 16.7 Å². The molecule has 1 fully saturated rings. The highest BCUT2D eigenvalue weighted by Gasteiger charge is 2.55. The first-order valence-electron chi connectivity index (χ1n) is 17.1. The zero-order valence-corrected chi connectivity index (χ0v) is 29.7. The average molecular weight is 727 g/mol. The Bertz CT molecular complexity index is 2450. The molecule has 10 heteroatoms. The van der Waals surface area contributed by atoms with Crippen molar-refractivity contribution in [1.82, 2.24) is 4.98 Å². The molecule has 5 aromatic carbocycles. The molecule has 53 heavy (non-hydrogen) atoms. The standard InChI is InChI=1S/C43H34N2O7.ClH/c1-26-33-24-45(23-22-31(33)27(2)37-36(26)32-20-12-13-21-34(32)44-37)40-39(52-43(48)30-18-10-5-11-19-30)38(51-42(47)29-16-8-4-9-17-29)35(50-40)25-49-41(46)28-14-6-3-7-15-28;/h3-24,35,38-40H,25H2,1-2H3;1H/t35-,38+,39-,40-;/m0./s1. The number of carbonyl (C=O) groups is 3. The molecule has 1 N–H and O–H groups in total. The van der Waals surface area contributed by atoms with Crippen molar-refractivity contribution in [1.29, 1.82) is 0 Å². The molecule has 8 rings (SSSR count). The number of para-hydroxylation sites is 1. The summed E-state index contributed by atoms with van der Waals surface area (Å²) in [5.74, 6) is -1.81. The number of pyridine rings is 1. The number of rotatable bonds is 8. The summed E-state index contributed by atoms with van der Waals surface area (Å²) in [4.78, 5) is 43.9. The van der Waals surface area contributed by atoms with E-state index in [1.54, 1.807) is 91.0 Å². The number of aromatic amines is 1. The summed E-state index contributed by atoms with van der Waals surface area (Å²) in [7, 11) is 0. The predicted molar refractivity (Wildman–Crippen MR) is 195 cm³/mol. The van der Waals surface area contributed by atoms with Crippen LogP contribution >= 0.6 is 0 Å². The number of carbonyl (C=O) groups excluding carboxylic acids is 3. The summed E-state index contributed by atoms with van der Waals surface area (Å²) in [6, 6.07) is 36.0. The zero-order valence-electron chi connectivity index (χ0n) is 28.9. The molecule has 1 saturated heterocycles. The van der Waals surface area contributed by atoms with E-state index < -0.39 is 42.4 Å². The van der Waals surface area contributed by atoms with Crippen LogP contribution in [0.5, 0.6) is 0 Å². The SMILES string of the molecule is Cc1c2cc[n+]([C@H]3O[C@@H](COC(=O)c4ccccc4)[C@@H](OC(=O)c4ccccc4)[C@@H]3OC(=O)c3ccccc3)cc2c(C)c2c1[nH]c1ccccc12.[Cl-]. The Balaban J connectivity index is 0.00000435. The van der Waals surface area contributed by atoms with Gasteiger partial charge < -0.3 is 36.3 Å². The topological polar surface area (TPSA) is 108 Å². The molecule has 1 aliphatic heterocycles. The summed E-state index contributed by atoms with van der Waals surface area (Å²) in [5, 5.41) is 4.27. The Hall–Kier alpha value is -6.03. The molecule has 0 unspecified atom stereocenters. The number of nitrogens with one attached hydrogen (secondary N) is 1. The quantitative estimate of drug-likeness (QED) is 0.139. The molecule has 0 spiro atoms. The van der Waals surface area contributed by atoms with E-state index in [1.165, 1.54) is 0 Å². The van der Waals surface area contributed by atoms with Gasteiger partial charge in [-0.15, -0.1) is 0 Å². The maximum atomic E-state index is 13.7. The number of H-pyrrole nitrogens is 1. The number of benzene rings is 5. The van der Waals surface area contributed by atoms with E-state index in [0.717, 1.165) is 43.7 Å². The molecule has 9 nitrogen and oxygen atoms in total. The normalized spacial score (nSPS) is 18.1. The van der Waals surface area contributed by atoms with Crippen molar-refractivity contribution in [3.63, 3.8) is 0 Å². The fourth-order valence-corrected chi connectivity index (χ4v) is 7.08. The summed E-state index contributed by atoms with van der Waals surface area (Å²) in [6.07, 6.45) is -0.365. The first-order valence-corrected chi connectivity index (χ1v) is 17.1. The van der Waals surface area contributed by atoms with Gasteiger partial charge in [-0.1, -0.05) is 72.8 Å². The van der Waals surface area contributed by atoms with E-state index in [9.17, 15) is 14.4 Å². The Morgan fingerprint density at radius 3 is 1.81 bits per heavy atom. The highest BCUT2D eigenvalue weighted by atomic mass is 35.5. The van der Waals surface area contributed by atoms with Crippen LogP contribution in [-0.2, 0) is 18.9 Å². The van der Waals surface area contributed by atoms with Crippen LogP contribution in [0.15, 0.2) is 134 Å². The average Bonchev–Trinajstić information content (AvgIpc) is 3.75. The van der Waals surface area contributed by atoms with Gasteiger partial charge in [-0.05, 0) is 72.8 Å². The van der Waals surface area contributed by atoms with Crippen LogP contribution in [0.4, 0.5) is 0 Å². The Kier molecular flexibility index (Phi) is 9.95. The van der Waals surface area contributed by atoms with Crippen molar-refractivity contribution in [2.75, 3.05) is 6.61 Å². The van der Waals surface area contributed by atoms with Crippen LogP contribution in [0.1, 0.15) is 48.4 Å². The third-order valence-corrected chi connectivity index (χ3v) is 9.72. The highest BCUT2D eigenvalue weighted by molar-refractivity contribution is 6.16. The first-order chi connectivity index (χ1) is 25.4. The maximum absolute atomic E-state index is 13.7. The second-order valence-corrected chi connectivity index (χ2v) is 12.9. The Morgan fingerprint density at radius 2 is 1.19 bits per heavy atom. The Labute approximate surface area is 311 Å². The number of aryl methyl sites for hydroxylation is 2. The minimum absolute atomic E-state index is 0. The molecule has 0 saturated carbocycles. The lowest BCUT2D eigenvalue weighted by atomic mass is 9.97. The van der Waals surface area contributed by atoms with Gasteiger partial charge in [0.1, 0.15) is 12.7 Å². The lowest BCUT2D eigenvalue weighted by Crippen LogP contribution is -3.00. The fraction of sp³-hybridized carbons (Fsp3) is 0.163. The van der Waals surface area contributed by atoms with Crippen LogP contribution in [-0.4, -0.2) is 47.8 Å². The van der Waals surface area contributed by atoms with E-state index in [-0.39, 0.29) is 19.0 Å². The number of fused-ring (bicyclic) bond motifs is 4. The van der Waals surface area contributed by atoms with Crippen molar-refractivity contribution in [2.24, 2.45) is 0 Å². The van der Waals surface area contributed by atoms with E-state index in [1.807, 2.05) is 35.2 Å². The first kappa shape index (κ1) is 35.4. The summed E-state index contributed by atoms with van der Waals surface area (Å²) in [5.41, 5.74) is 5.28. The fourth-order valence-electron chi connectivity index (χ4n) is 7.08. The van der Waals surface area contributed by atoms with Crippen molar-refractivity contribution in [3.05, 3.63) is 162 Å². The largest absolute Gasteiger partial charge is 1.00 e. The van der Waals surface area contributed by atoms with Crippen molar-refractivity contribution >= 4 is 50.5 Å². The number of hydrogen-bond acceptors (Lipinski definition) is 7. The lowest BCUT2D eigenvalue weighted by molar-refractivity contribution is -0.764. The third kappa shape index (κ3) is 6.72. The third-order valence-electron chi connectivity index (χ3n) is 9.72. The number of hydrogen-bond donors (Lipinski definition) is 1. The van der Waals surface area contributed by atoms with Gasteiger partial charge >= 0.3 is 24.1 Å². The molecule has 2 aromatic heterocycles. The van der Waals surface area contributed by atoms with E-state index in [4.69, 9.17) is 18.9 Å². The van der Waals surface area contributed by atoms with Crippen LogP contribution in [0.2, 0.25) is 0 Å². The second kappa shape index (κ2) is 14.9. The minimum Gasteiger partial charge on any atom is -1.00 e. The summed E-state index contributed by atoms with van der Waals surface area (Å²) >= 11 is 0. The molecule has 266 valence electrons. The van der Waals surface area contributed by atoms with Gasteiger partial charge in [0.25, 0.3) is 0 Å². The number of aromatic nitrogens is 2. The van der Waals surface area contributed by atoms with Crippen molar-refractivity contribution < 1.29 is 50.3 Å². The molecule has 0 amide bonds. The molecular formula is C43H35ClN2O7. The predicted octanol–water partition coefficient (Wildman–Crippen LogP) is 4.59. The molecule has 1 aliphatic rings.